The molecule has 1 amide bonds. The molecular weight excluding hydrogens is 1120 g/mol. The van der Waals surface area contributed by atoms with Crippen molar-refractivity contribution in [3.05, 3.63) is 118 Å². The van der Waals surface area contributed by atoms with Crippen LogP contribution < -0.4 is 10.1 Å². The number of hydrogen-bond acceptors (Lipinski definition) is 15. The number of hydrogen-bond donors (Lipinski definition) is 1. The Morgan fingerprint density at radius 2 is 1.15 bits per heavy atom. The first-order valence-electron chi connectivity index (χ1n) is 16.5. The summed E-state index contributed by atoms with van der Waals surface area (Å²) in [7, 11) is -8.43. The van der Waals surface area contributed by atoms with Crippen LogP contribution in [0, 0.1) is 40.2 Å². The third kappa shape index (κ3) is 15.8. The van der Waals surface area contributed by atoms with Gasteiger partial charge in [0.15, 0.2) is 10.6 Å². The van der Waals surface area contributed by atoms with Crippen LogP contribution in [-0.4, -0.2) is 48.7 Å². The molecule has 0 spiro atoms. The molecule has 0 aliphatic rings. The van der Waals surface area contributed by atoms with Crippen LogP contribution >= 0.6 is 46.4 Å². The zero-order valence-corrected chi connectivity index (χ0v) is 39.5. The van der Waals surface area contributed by atoms with Crippen molar-refractivity contribution in [3.63, 3.8) is 0 Å². The zero-order valence-electron chi connectivity index (χ0n) is 31.9. The number of carbonyl (C=O) groups excluding carboxylic acids is 2. The van der Waals surface area contributed by atoms with E-state index in [2.05, 4.69) is 57.7 Å². The summed E-state index contributed by atoms with van der Waals surface area (Å²) in [5.74, 6) is -2.09. The number of aromatic nitrogens is 2. The van der Waals surface area contributed by atoms with Crippen LogP contribution in [0.4, 0.5) is 28.4 Å². The molecule has 2 radical (unpaired) electrons. The molecule has 0 unspecified atom stereocenters. The molecule has 0 saturated carbocycles. The van der Waals surface area contributed by atoms with E-state index in [0.29, 0.717) is 0 Å². The number of amides is 1. The van der Waals surface area contributed by atoms with Gasteiger partial charge in [0.2, 0.25) is 4.84 Å². The number of ether oxygens (including phenoxy) is 1. The van der Waals surface area contributed by atoms with Gasteiger partial charge >= 0.3 is 5.97 Å². The Hall–Kier alpha value is -3.84. The van der Waals surface area contributed by atoms with Crippen LogP contribution in [0.1, 0.15) is 22.5 Å². The predicted octanol–water partition coefficient (Wildman–Crippen LogP) is 10.8. The third-order valence-corrected chi connectivity index (χ3v) is 10.1. The van der Waals surface area contributed by atoms with E-state index < -0.39 is 41.6 Å². The first-order valence-corrected chi connectivity index (χ1v) is 21.2. The van der Waals surface area contributed by atoms with Gasteiger partial charge in [-0.25, -0.2) is 31.9 Å². The number of sulfonamides is 2. The second-order valence-corrected chi connectivity index (χ2v) is 17.0. The number of anilines is 1. The summed E-state index contributed by atoms with van der Waals surface area (Å²) < 4.78 is 60.4. The van der Waals surface area contributed by atoms with E-state index >= 15 is 0 Å². The quantitative estimate of drug-likeness (QED) is 0.0336. The van der Waals surface area contributed by atoms with Gasteiger partial charge in [-0.15, -0.1) is 10.2 Å². The molecule has 62 heavy (non-hydrogen) atoms. The Labute approximate surface area is 406 Å². The predicted molar refractivity (Wildman–Crippen MR) is 223 cm³/mol. The molecule has 6 aromatic rings. The molecule has 2 heterocycles. The van der Waals surface area contributed by atoms with Crippen LogP contribution in [0.3, 0.4) is 0 Å². The summed E-state index contributed by atoms with van der Waals surface area (Å²) >= 11 is 22.9. The number of benzene rings is 4. The average Bonchev–Trinajstić information content (AvgIpc) is 3.77. The van der Waals surface area contributed by atoms with Gasteiger partial charge in [-0.1, -0.05) is 97.6 Å². The first kappa shape index (κ1) is 54.3. The van der Waals surface area contributed by atoms with E-state index in [1.807, 2.05) is 27.7 Å². The number of fused-ring (bicyclic) bond motifs is 1. The largest absolute Gasteiger partial charge is 0.560 e. The van der Waals surface area contributed by atoms with Crippen molar-refractivity contribution in [2.75, 3.05) is 5.32 Å². The average molecular weight is 1150 g/mol. The number of nitrogens with one attached hydrogen (secondary N) is 3. The first-order chi connectivity index (χ1) is 28.1. The monoisotopic (exact) mass is 1150 g/mol. The van der Waals surface area contributed by atoms with E-state index in [1.165, 1.54) is 48.5 Å². The molecule has 0 aliphatic carbocycles. The molecule has 338 valence electrons. The molecule has 0 saturated heterocycles. The minimum absolute atomic E-state index is 0. The summed E-state index contributed by atoms with van der Waals surface area (Å²) in [6, 6.07) is 15.6. The van der Waals surface area contributed by atoms with Gasteiger partial charge in [0.1, 0.15) is 5.69 Å². The molecule has 0 atom stereocenters. The Morgan fingerprint density at radius 1 is 0.694 bits per heavy atom. The van der Waals surface area contributed by atoms with E-state index in [0.717, 1.165) is 46.8 Å². The van der Waals surface area contributed by atoms with Crippen molar-refractivity contribution in [2.24, 2.45) is 20.5 Å². The number of nitrogens with zero attached hydrogens (tertiary/aromatic N) is 6. The molecule has 3 N–H and O–H groups in total. The van der Waals surface area contributed by atoms with Gasteiger partial charge in [-0.3, -0.25) is 4.79 Å². The maximum atomic E-state index is 12.5. The number of esters is 1. The summed E-state index contributed by atoms with van der Waals surface area (Å²) in [6.45, 7) is 7.59. The zero-order chi connectivity index (χ0) is 44.4. The number of azo groups is 2. The molecule has 0 fully saturated rings. The Kier molecular flexibility index (Phi) is 21.3. The molecular formula is C36H29Ag2Cl4N9O9S2-4. The number of aryl methyl sites for hydroxylation is 4. The van der Waals surface area contributed by atoms with Crippen LogP contribution in [0.2, 0.25) is 0 Å². The molecule has 0 aliphatic heterocycles. The normalized spacial score (nSPS) is 11.4. The Balaban J connectivity index is 0.000000697. The van der Waals surface area contributed by atoms with Gasteiger partial charge < -0.3 is 29.4 Å². The fourth-order valence-corrected chi connectivity index (χ4v) is 5.52. The minimum Gasteiger partial charge on any atom is -0.560 e. The van der Waals surface area contributed by atoms with E-state index in [4.69, 9.17) is 61.4 Å². The second kappa shape index (κ2) is 24.3. The molecule has 4 aromatic carbocycles. The van der Waals surface area contributed by atoms with E-state index in [1.54, 1.807) is 0 Å². The summed E-state index contributed by atoms with van der Waals surface area (Å²) in [5.41, 5.74) is 4.16. The Morgan fingerprint density at radius 3 is 1.50 bits per heavy atom. The molecule has 26 heteroatoms. The van der Waals surface area contributed by atoms with Crippen LogP contribution in [-0.2, 0) is 74.4 Å². The Bertz CT molecular complexity index is 2700. The summed E-state index contributed by atoms with van der Waals surface area (Å²) in [6.07, 6.45) is 5.16. The fraction of sp³-hybridized carbons (Fsp3) is 0.167. The van der Waals surface area contributed by atoms with Gasteiger partial charge in [-0.05, 0) is 73.2 Å². The van der Waals surface area contributed by atoms with Crippen molar-refractivity contribution in [2.45, 2.75) is 47.2 Å². The van der Waals surface area contributed by atoms with Gasteiger partial charge in [0, 0.05) is 65.3 Å². The van der Waals surface area contributed by atoms with Gasteiger partial charge in [-0.2, -0.15) is 21.4 Å². The topological polar surface area (TPSA) is 273 Å². The van der Waals surface area contributed by atoms with E-state index in [-0.39, 0.29) is 99.5 Å². The van der Waals surface area contributed by atoms with Crippen molar-refractivity contribution >= 4 is 118 Å². The summed E-state index contributed by atoms with van der Waals surface area (Å²) in [5, 5.41) is 41.0. The second-order valence-electron chi connectivity index (χ2n) is 11.9. The maximum Gasteiger partial charge on any atom is 0.344 e. The minimum atomic E-state index is -4.22. The molecule has 6 rings (SSSR count). The maximum absolute atomic E-state index is 12.5. The van der Waals surface area contributed by atoms with Gasteiger partial charge in [0.05, 0.1) is 42.8 Å². The van der Waals surface area contributed by atoms with E-state index in [9.17, 15) is 26.4 Å². The smallest absolute Gasteiger partial charge is 0.344 e. The van der Waals surface area contributed by atoms with Gasteiger partial charge in [0.25, 0.3) is 5.91 Å². The SMILES string of the molecule is Cc1[c-]onc1C.Cc1[c-]onc1C.[Ag].[Ag].[NH-]S(=O)(=O)c1ccc(N=Nc2cc(N=Nc3ccc(S([NH-])(=O)=O)cc3)c3c(NC(=O)C(Cl)Cl)cccc3c2OC(=O)C(Cl)Cl)cc1. The van der Waals surface area contributed by atoms with Crippen molar-refractivity contribution in [3.8, 4) is 5.75 Å². The molecule has 2 aromatic heterocycles. The number of rotatable bonds is 10. The number of alkyl halides is 4. The third-order valence-electron chi connectivity index (χ3n) is 7.60. The molecule has 18 nitrogen and oxygen atoms in total. The standard InChI is InChI=1S/C26H18Cl4N7O7S2.2C5H6NO.2Ag/c27-23(28)25(38)33-18-3-1-2-17-21(18)19(36-34-13-4-8-15(9-5-13)45(31,40)41)12-20(22(17)44-26(39)24(29)30)37-35-14-6-10-16(11-7-14)46(32,42)43;2*1-4-3-7-6-5(4)2;;/h1-12,23-24H,(H4-,31,32,33,38,40,41,42,43);2*1-2H3;;/q3*-1;;/p-1. The van der Waals surface area contributed by atoms with Crippen molar-refractivity contribution in [1.82, 2.24) is 10.3 Å². The molecule has 0 bridgehead atoms. The van der Waals surface area contributed by atoms with Crippen LogP contribution in [0.5, 0.6) is 5.75 Å². The van der Waals surface area contributed by atoms with Crippen molar-refractivity contribution in [1.29, 1.82) is 0 Å². The summed E-state index contributed by atoms with van der Waals surface area (Å²) in [4.78, 5) is 21.3. The van der Waals surface area contributed by atoms with Crippen molar-refractivity contribution < 1.29 is 85.0 Å². The van der Waals surface area contributed by atoms with Crippen LogP contribution in [0.15, 0.2) is 112 Å². The van der Waals surface area contributed by atoms with Crippen LogP contribution in [0.25, 0.3) is 21.1 Å². The number of halogens is 4. The fourth-order valence-electron chi connectivity index (χ4n) is 4.33. The number of carbonyl (C=O) groups is 2.